The van der Waals surface area contributed by atoms with Crippen molar-refractivity contribution < 1.29 is 23.6 Å². The van der Waals surface area contributed by atoms with Gasteiger partial charge in [0.2, 0.25) is 0 Å². The number of methoxy groups -OCH3 is 1. The lowest BCUT2D eigenvalue weighted by Crippen LogP contribution is -2.48. The molecule has 166 valence electrons. The van der Waals surface area contributed by atoms with E-state index in [-0.39, 0.29) is 5.97 Å². The minimum atomic E-state index is -0.555. The number of anilines is 2. The Morgan fingerprint density at radius 2 is 1.94 bits per heavy atom. The van der Waals surface area contributed by atoms with Gasteiger partial charge < -0.3 is 20.3 Å². The summed E-state index contributed by atoms with van der Waals surface area (Å²) in [6, 6.07) is 6.27. The molecule has 0 bridgehead atoms. The van der Waals surface area contributed by atoms with Crippen LogP contribution in [-0.4, -0.2) is 49.6 Å². The van der Waals surface area contributed by atoms with Crippen molar-refractivity contribution in [2.24, 2.45) is 5.73 Å². The summed E-state index contributed by atoms with van der Waals surface area (Å²) in [4.78, 5) is 37.1. The summed E-state index contributed by atoms with van der Waals surface area (Å²) in [6.07, 6.45) is 1.78. The second kappa shape index (κ2) is 9.67. The molecular weight excluding hydrogens is 440 g/mol. The first-order valence-corrected chi connectivity index (χ1v) is 11.1. The first kappa shape index (κ1) is 23.1. The molecule has 0 radical (unpaired) electrons. The zero-order chi connectivity index (χ0) is 22.6. The number of nitrogens with one attached hydrogen (secondary N) is 2. The maximum atomic E-state index is 12.5. The molecule has 1 aromatic carbocycles. The normalized spacial score (nSPS) is 17.5. The number of amides is 3. The van der Waals surface area contributed by atoms with Crippen LogP contribution in [0.3, 0.4) is 0 Å². The number of carbonyl (C=O) groups is 3. The van der Waals surface area contributed by atoms with Gasteiger partial charge in [-0.1, -0.05) is 11.6 Å². The Labute approximate surface area is 189 Å². The van der Waals surface area contributed by atoms with E-state index in [1.165, 1.54) is 18.4 Å². The Balaban J connectivity index is 1.72. The fourth-order valence-corrected chi connectivity index (χ4v) is 5.30. The van der Waals surface area contributed by atoms with Gasteiger partial charge in [-0.2, -0.15) is 0 Å². The highest BCUT2D eigenvalue weighted by Gasteiger charge is 2.34. The largest absolute Gasteiger partial charge is 0.469 e. The zero-order valence-electron chi connectivity index (χ0n) is 17.5. The highest BCUT2D eigenvalue weighted by molar-refractivity contribution is 7.17. The van der Waals surface area contributed by atoms with Crippen LogP contribution in [-0.2, 0) is 22.5 Å². The summed E-state index contributed by atoms with van der Waals surface area (Å²) in [5.41, 5.74) is 7.52. The maximum Gasteiger partial charge on any atom is 0.324 e. The van der Waals surface area contributed by atoms with E-state index in [0.717, 1.165) is 34.4 Å². The highest BCUT2D eigenvalue weighted by atomic mass is 35.5. The first-order valence-electron chi connectivity index (χ1n) is 9.89. The lowest BCUT2D eigenvalue weighted by atomic mass is 10.0. The summed E-state index contributed by atoms with van der Waals surface area (Å²) in [5, 5.41) is 6.52. The van der Waals surface area contributed by atoms with Crippen molar-refractivity contribution >= 4 is 51.5 Å². The number of nitrogens with zero attached hydrogens (tertiary/aromatic N) is 1. The molecule has 1 unspecified atom stereocenters. The van der Waals surface area contributed by atoms with Crippen molar-refractivity contribution in [1.82, 2.24) is 0 Å². The van der Waals surface area contributed by atoms with E-state index in [2.05, 4.69) is 17.7 Å². The van der Waals surface area contributed by atoms with Crippen molar-refractivity contribution in [2.75, 3.05) is 37.9 Å². The number of ether oxygens (including phenoxy) is 1. The average molecular weight is 466 g/mol. The van der Waals surface area contributed by atoms with Gasteiger partial charge in [-0.25, -0.2) is 4.79 Å². The zero-order valence-corrected chi connectivity index (χ0v) is 19.1. The number of hydrogen-bond acceptors (Lipinski definition) is 5. The quantitative estimate of drug-likeness (QED) is 0.428. The van der Waals surface area contributed by atoms with Crippen LogP contribution in [0.5, 0.6) is 0 Å². The van der Waals surface area contributed by atoms with Gasteiger partial charge >= 0.3 is 12.0 Å². The number of quaternary nitrogens is 1. The van der Waals surface area contributed by atoms with Gasteiger partial charge in [-0.05, 0) is 29.8 Å². The number of primary amides is 1. The average Bonchev–Trinajstić information content (AvgIpc) is 3.05. The Morgan fingerprint density at radius 1 is 1.23 bits per heavy atom. The molecule has 2 aromatic rings. The summed E-state index contributed by atoms with van der Waals surface area (Å²) >= 11 is 7.24. The third-order valence-electron chi connectivity index (χ3n) is 5.40. The van der Waals surface area contributed by atoms with Crippen molar-refractivity contribution in [1.29, 1.82) is 0 Å². The lowest BCUT2D eigenvalue weighted by Gasteiger charge is -2.37. The molecule has 2 heterocycles. The van der Waals surface area contributed by atoms with Gasteiger partial charge in [0.25, 0.3) is 5.91 Å². The van der Waals surface area contributed by atoms with Crippen LogP contribution in [0.2, 0.25) is 5.02 Å². The van der Waals surface area contributed by atoms with Crippen LogP contribution >= 0.6 is 22.9 Å². The minimum Gasteiger partial charge on any atom is -0.469 e. The van der Waals surface area contributed by atoms with Gasteiger partial charge in [-0.3, -0.25) is 14.9 Å². The summed E-state index contributed by atoms with van der Waals surface area (Å²) in [5.74, 6) is -0.768. The standard InChI is InChI=1S/C21H25ClN4O4S/c1-26(10-3-4-17(27)30-2)11-9-15-16(12-26)31-20(18(15)19(23)28)25-21(29)24-14-7-5-13(22)6-8-14/h5-8H,3-4,9-12H2,1-2H3,(H3-,23,24,25,28,29)/p+1. The van der Waals surface area contributed by atoms with E-state index < -0.39 is 11.9 Å². The fraction of sp³-hybridized carbons (Fsp3) is 0.381. The summed E-state index contributed by atoms with van der Waals surface area (Å²) in [6.45, 7) is 2.35. The molecule has 1 aliphatic rings. The molecule has 0 fully saturated rings. The van der Waals surface area contributed by atoms with Gasteiger partial charge in [-0.15, -0.1) is 11.3 Å². The second-order valence-corrected chi connectivity index (χ2v) is 9.35. The number of hydrogen-bond donors (Lipinski definition) is 3. The topological polar surface area (TPSA) is 111 Å². The van der Waals surface area contributed by atoms with Gasteiger partial charge in [0.05, 0.1) is 44.1 Å². The number of rotatable bonds is 7. The molecule has 1 aliphatic heterocycles. The first-order chi connectivity index (χ1) is 14.7. The number of carbonyl (C=O) groups excluding carboxylic acids is 3. The summed E-state index contributed by atoms with van der Waals surface area (Å²) in [7, 11) is 3.52. The van der Waals surface area contributed by atoms with E-state index in [1.54, 1.807) is 24.3 Å². The SMILES string of the molecule is COC(=O)CCC[N+]1(C)CCc2c(sc(NC(=O)Nc3ccc(Cl)cc3)c2C(N)=O)C1. The molecule has 1 aromatic heterocycles. The number of benzene rings is 1. The number of fused-ring (bicyclic) bond motifs is 1. The van der Waals surface area contributed by atoms with Crippen molar-refractivity contribution in [3.63, 3.8) is 0 Å². The van der Waals surface area contributed by atoms with Crippen LogP contribution in [0.25, 0.3) is 0 Å². The molecular formula is C21H26ClN4O4S+. The van der Waals surface area contributed by atoms with E-state index in [4.69, 9.17) is 22.1 Å². The monoisotopic (exact) mass is 465 g/mol. The van der Waals surface area contributed by atoms with Crippen LogP contribution in [0, 0.1) is 0 Å². The predicted molar refractivity (Wildman–Crippen MR) is 122 cm³/mol. The number of likely N-dealkylation sites (N-methyl/N-ethyl adjacent to an activating group) is 1. The highest BCUT2D eigenvalue weighted by Crippen LogP contribution is 2.38. The molecule has 1 atom stereocenters. The van der Waals surface area contributed by atoms with E-state index >= 15 is 0 Å². The van der Waals surface area contributed by atoms with Crippen LogP contribution in [0.4, 0.5) is 15.5 Å². The molecule has 0 aliphatic carbocycles. The smallest absolute Gasteiger partial charge is 0.324 e. The molecule has 0 spiro atoms. The third kappa shape index (κ3) is 5.75. The van der Waals surface area contributed by atoms with Crippen molar-refractivity contribution in [3.8, 4) is 0 Å². The fourth-order valence-electron chi connectivity index (χ4n) is 3.76. The molecule has 3 rings (SSSR count). The molecule has 10 heteroatoms. The molecule has 4 N–H and O–H groups in total. The van der Waals surface area contributed by atoms with Crippen LogP contribution in [0.1, 0.15) is 33.6 Å². The molecule has 3 amide bonds. The minimum absolute atomic E-state index is 0.213. The Kier molecular flexibility index (Phi) is 7.19. The maximum absolute atomic E-state index is 12.5. The number of halogens is 1. The van der Waals surface area contributed by atoms with E-state index in [0.29, 0.717) is 40.7 Å². The van der Waals surface area contributed by atoms with Crippen molar-refractivity contribution in [3.05, 3.63) is 45.3 Å². The third-order valence-corrected chi connectivity index (χ3v) is 6.78. The molecule has 0 saturated carbocycles. The molecule has 31 heavy (non-hydrogen) atoms. The second-order valence-electron chi connectivity index (χ2n) is 7.81. The van der Waals surface area contributed by atoms with Crippen LogP contribution in [0.15, 0.2) is 24.3 Å². The number of thiophene rings is 1. The molecule has 8 nitrogen and oxygen atoms in total. The number of urea groups is 1. The number of nitrogens with two attached hydrogens (primary N) is 1. The number of esters is 1. The Morgan fingerprint density at radius 3 is 2.58 bits per heavy atom. The van der Waals surface area contributed by atoms with E-state index in [9.17, 15) is 14.4 Å². The predicted octanol–water partition coefficient (Wildman–Crippen LogP) is 3.60. The molecule has 0 saturated heterocycles. The Bertz CT molecular complexity index is 992. The van der Waals surface area contributed by atoms with Gasteiger partial charge in [0.15, 0.2) is 0 Å². The van der Waals surface area contributed by atoms with Gasteiger partial charge in [0, 0.05) is 23.6 Å². The Hall–Kier alpha value is -2.62. The van der Waals surface area contributed by atoms with Gasteiger partial charge in [0.1, 0.15) is 11.5 Å². The van der Waals surface area contributed by atoms with Crippen molar-refractivity contribution in [2.45, 2.75) is 25.8 Å². The lowest BCUT2D eigenvalue weighted by molar-refractivity contribution is -0.924. The summed E-state index contributed by atoms with van der Waals surface area (Å²) < 4.78 is 5.46. The van der Waals surface area contributed by atoms with E-state index in [1.807, 2.05) is 0 Å². The van der Waals surface area contributed by atoms with Crippen LogP contribution < -0.4 is 16.4 Å².